The number of nitro benzene ring substituents is 1. The second-order valence-corrected chi connectivity index (χ2v) is 7.97. The fraction of sp³-hybridized carbons (Fsp3) is 0.208. The molecule has 2 heterocycles. The molecule has 2 aromatic carbocycles. The van der Waals surface area contributed by atoms with Gasteiger partial charge in [-0.15, -0.1) is 0 Å². The van der Waals surface area contributed by atoms with Gasteiger partial charge in [0.2, 0.25) is 0 Å². The number of fused-ring (bicyclic) bond motifs is 1. The molecule has 0 saturated carbocycles. The first-order valence-corrected chi connectivity index (χ1v) is 10.0. The Hall–Kier alpha value is -4.07. The number of Topliss-reactive ketones (excluding diaryl/α,β-unsaturated/α-hetero) is 1. The van der Waals surface area contributed by atoms with Gasteiger partial charge >= 0.3 is 0 Å². The number of amides is 2. The van der Waals surface area contributed by atoms with Crippen molar-refractivity contribution in [3.05, 3.63) is 91.8 Å². The fourth-order valence-electron chi connectivity index (χ4n) is 4.15. The standard InChI is InChI=1S/C24H21N3O5/c1-13-8-9-17(10-14(13)2)26-15(3)11-19(16(26)4)21(28)12-25-23(29)18-6-5-7-20(27(31)32)22(18)24(25)30/h5-11H,12H2,1-4H3. The number of nitro groups is 1. The Morgan fingerprint density at radius 3 is 2.34 bits per heavy atom. The lowest BCUT2D eigenvalue weighted by Gasteiger charge is -2.14. The van der Waals surface area contributed by atoms with Crippen LogP contribution in [0.4, 0.5) is 5.69 Å². The highest BCUT2D eigenvalue weighted by atomic mass is 16.6. The van der Waals surface area contributed by atoms with Gasteiger partial charge < -0.3 is 4.57 Å². The quantitative estimate of drug-likeness (QED) is 0.262. The predicted molar refractivity (Wildman–Crippen MR) is 118 cm³/mol. The molecule has 162 valence electrons. The number of ketones is 1. The van der Waals surface area contributed by atoms with Gasteiger partial charge in [-0.05, 0) is 63.1 Å². The normalized spacial score (nSPS) is 12.9. The third kappa shape index (κ3) is 3.20. The van der Waals surface area contributed by atoms with Gasteiger partial charge in [0.1, 0.15) is 5.56 Å². The predicted octanol–water partition coefficient (Wildman–Crippen LogP) is 4.10. The smallest absolute Gasteiger partial charge is 0.282 e. The molecular weight excluding hydrogens is 410 g/mol. The number of benzene rings is 2. The molecule has 8 nitrogen and oxygen atoms in total. The van der Waals surface area contributed by atoms with Gasteiger partial charge in [-0.2, -0.15) is 0 Å². The molecule has 0 radical (unpaired) electrons. The monoisotopic (exact) mass is 431 g/mol. The van der Waals surface area contributed by atoms with Crippen LogP contribution in [0.15, 0.2) is 42.5 Å². The highest BCUT2D eigenvalue weighted by Gasteiger charge is 2.42. The molecule has 0 unspecified atom stereocenters. The van der Waals surface area contributed by atoms with Gasteiger partial charge in [0.15, 0.2) is 5.78 Å². The largest absolute Gasteiger partial charge is 0.318 e. The van der Waals surface area contributed by atoms with E-state index in [0.29, 0.717) is 11.3 Å². The molecule has 0 saturated heterocycles. The Bertz CT molecular complexity index is 1340. The van der Waals surface area contributed by atoms with Gasteiger partial charge in [0, 0.05) is 28.7 Å². The summed E-state index contributed by atoms with van der Waals surface area (Å²) >= 11 is 0. The van der Waals surface area contributed by atoms with Crippen molar-refractivity contribution in [2.24, 2.45) is 0 Å². The molecule has 2 amide bonds. The number of aromatic nitrogens is 1. The zero-order valence-corrected chi connectivity index (χ0v) is 18.1. The summed E-state index contributed by atoms with van der Waals surface area (Å²) in [7, 11) is 0. The van der Waals surface area contributed by atoms with Gasteiger partial charge in [-0.1, -0.05) is 12.1 Å². The van der Waals surface area contributed by atoms with Gasteiger partial charge in [0.25, 0.3) is 17.5 Å². The number of carbonyl (C=O) groups is 3. The molecule has 1 aromatic heterocycles. The van der Waals surface area contributed by atoms with E-state index in [1.54, 1.807) is 6.07 Å². The maximum absolute atomic E-state index is 13.1. The molecule has 1 aliphatic rings. The molecule has 3 aromatic rings. The van der Waals surface area contributed by atoms with Crippen LogP contribution in [0.3, 0.4) is 0 Å². The summed E-state index contributed by atoms with van der Waals surface area (Å²) in [4.78, 5) is 50.0. The van der Waals surface area contributed by atoms with Crippen molar-refractivity contribution in [3.63, 3.8) is 0 Å². The maximum atomic E-state index is 13.1. The summed E-state index contributed by atoms with van der Waals surface area (Å²) in [6, 6.07) is 11.6. The molecule has 1 aliphatic heterocycles. The Morgan fingerprint density at radius 1 is 0.969 bits per heavy atom. The number of aryl methyl sites for hydroxylation is 3. The SMILES string of the molecule is Cc1ccc(-n2c(C)cc(C(=O)CN3C(=O)c4cccc([N+](=O)[O-])c4C3=O)c2C)cc1C. The van der Waals surface area contributed by atoms with Crippen molar-refractivity contribution in [1.82, 2.24) is 9.47 Å². The van der Waals surface area contributed by atoms with Crippen molar-refractivity contribution < 1.29 is 19.3 Å². The number of hydrogen-bond acceptors (Lipinski definition) is 5. The average molecular weight is 431 g/mol. The van der Waals surface area contributed by atoms with Gasteiger partial charge in [-0.25, -0.2) is 0 Å². The number of rotatable bonds is 5. The Morgan fingerprint density at radius 2 is 1.69 bits per heavy atom. The molecule has 4 rings (SSSR count). The number of carbonyl (C=O) groups excluding carboxylic acids is 3. The lowest BCUT2D eigenvalue weighted by molar-refractivity contribution is -0.385. The zero-order valence-electron chi connectivity index (χ0n) is 18.1. The fourth-order valence-corrected chi connectivity index (χ4v) is 4.15. The summed E-state index contributed by atoms with van der Waals surface area (Å²) < 4.78 is 1.95. The topological polar surface area (TPSA) is 103 Å². The van der Waals surface area contributed by atoms with Crippen molar-refractivity contribution in [2.45, 2.75) is 27.7 Å². The summed E-state index contributed by atoms with van der Waals surface area (Å²) in [5.74, 6) is -1.94. The maximum Gasteiger partial charge on any atom is 0.282 e. The Kier molecular flexibility index (Phi) is 5.00. The van der Waals surface area contributed by atoms with E-state index in [1.807, 2.05) is 50.5 Å². The van der Waals surface area contributed by atoms with Gasteiger partial charge in [0.05, 0.1) is 17.0 Å². The summed E-state index contributed by atoms with van der Waals surface area (Å²) in [5.41, 5.74) is 4.36. The van der Waals surface area contributed by atoms with E-state index in [1.165, 1.54) is 18.2 Å². The minimum absolute atomic E-state index is 0.0578. The molecule has 0 bridgehead atoms. The third-order valence-electron chi connectivity index (χ3n) is 5.96. The molecule has 0 spiro atoms. The molecule has 0 N–H and O–H groups in total. The molecular formula is C24H21N3O5. The van der Waals surface area contributed by atoms with Gasteiger partial charge in [-0.3, -0.25) is 29.4 Å². The first-order valence-electron chi connectivity index (χ1n) is 10.0. The van der Waals surface area contributed by atoms with Crippen LogP contribution in [0.25, 0.3) is 5.69 Å². The van der Waals surface area contributed by atoms with Crippen LogP contribution in [-0.4, -0.2) is 38.5 Å². The first kappa shape index (κ1) is 21.2. The zero-order chi connectivity index (χ0) is 23.3. The second-order valence-electron chi connectivity index (χ2n) is 7.97. The summed E-state index contributed by atoms with van der Waals surface area (Å²) in [6.07, 6.45) is 0. The highest BCUT2D eigenvalue weighted by molar-refractivity contribution is 6.24. The van der Waals surface area contributed by atoms with Crippen molar-refractivity contribution in [2.75, 3.05) is 6.54 Å². The highest BCUT2D eigenvalue weighted by Crippen LogP contribution is 2.31. The second kappa shape index (κ2) is 7.56. The van der Waals surface area contributed by atoms with E-state index >= 15 is 0 Å². The van der Waals surface area contributed by atoms with Crippen LogP contribution in [0.1, 0.15) is 53.6 Å². The van der Waals surface area contributed by atoms with Crippen molar-refractivity contribution in [1.29, 1.82) is 0 Å². The van der Waals surface area contributed by atoms with Crippen LogP contribution >= 0.6 is 0 Å². The van der Waals surface area contributed by atoms with E-state index in [2.05, 4.69) is 0 Å². The molecule has 32 heavy (non-hydrogen) atoms. The Labute approximate surface area is 184 Å². The molecule has 0 atom stereocenters. The van der Waals surface area contributed by atoms with E-state index in [9.17, 15) is 24.5 Å². The summed E-state index contributed by atoms with van der Waals surface area (Å²) in [6.45, 7) is 7.24. The molecule has 0 aliphatic carbocycles. The van der Waals surface area contributed by atoms with E-state index in [4.69, 9.17) is 0 Å². The van der Waals surface area contributed by atoms with Crippen molar-refractivity contribution >= 4 is 23.3 Å². The van der Waals surface area contributed by atoms with E-state index in [0.717, 1.165) is 27.4 Å². The minimum Gasteiger partial charge on any atom is -0.318 e. The van der Waals surface area contributed by atoms with E-state index in [-0.39, 0.29) is 11.1 Å². The van der Waals surface area contributed by atoms with Crippen LogP contribution in [0, 0.1) is 37.8 Å². The third-order valence-corrected chi connectivity index (χ3v) is 5.96. The van der Waals surface area contributed by atoms with Crippen LogP contribution in [0.2, 0.25) is 0 Å². The van der Waals surface area contributed by atoms with E-state index < -0.39 is 34.8 Å². The van der Waals surface area contributed by atoms with Crippen molar-refractivity contribution in [3.8, 4) is 5.69 Å². The first-order chi connectivity index (χ1) is 15.1. The summed E-state index contributed by atoms with van der Waals surface area (Å²) in [5, 5.41) is 11.3. The number of hydrogen-bond donors (Lipinski definition) is 0. The van der Waals surface area contributed by atoms with Crippen LogP contribution in [0.5, 0.6) is 0 Å². The molecule has 0 fully saturated rings. The van der Waals surface area contributed by atoms with Crippen LogP contribution in [-0.2, 0) is 0 Å². The lowest BCUT2D eigenvalue weighted by Crippen LogP contribution is -2.35. The molecule has 8 heteroatoms. The number of imide groups is 1. The number of nitrogens with zero attached hydrogens (tertiary/aromatic N) is 3. The lowest BCUT2D eigenvalue weighted by atomic mass is 10.1. The van der Waals surface area contributed by atoms with Crippen LogP contribution < -0.4 is 0 Å². The average Bonchev–Trinajstić information content (AvgIpc) is 3.18. The Balaban J connectivity index is 1.66. The minimum atomic E-state index is -0.825.